The summed E-state index contributed by atoms with van der Waals surface area (Å²) in [5, 5.41) is 3.29. The minimum atomic E-state index is -0.872. The summed E-state index contributed by atoms with van der Waals surface area (Å²) in [5.74, 6) is -1.17. The number of carbonyl (C=O) groups excluding carboxylic acids is 2. The predicted octanol–water partition coefficient (Wildman–Crippen LogP) is 0.333. The molecule has 0 aromatic rings. The van der Waals surface area contributed by atoms with E-state index in [1.807, 2.05) is 0 Å². The van der Waals surface area contributed by atoms with E-state index in [9.17, 15) is 9.59 Å². The van der Waals surface area contributed by atoms with Crippen molar-refractivity contribution in [1.29, 1.82) is 0 Å². The smallest absolute Gasteiger partial charge is 0.419 e. The molecule has 1 saturated carbocycles. The lowest BCUT2D eigenvalue weighted by Crippen LogP contribution is -2.61. The Morgan fingerprint density at radius 3 is 2.69 bits per heavy atom. The highest BCUT2D eigenvalue weighted by Gasteiger charge is 2.45. The van der Waals surface area contributed by atoms with E-state index in [-0.39, 0.29) is 6.10 Å². The first kappa shape index (κ1) is 10.1. The van der Waals surface area contributed by atoms with Gasteiger partial charge in [-0.3, -0.25) is 5.32 Å². The van der Waals surface area contributed by atoms with Crippen LogP contribution in [0.25, 0.3) is 0 Å². The maximum atomic E-state index is 11.1. The normalized spacial score (nSPS) is 42.8. The molecule has 5 heteroatoms. The van der Waals surface area contributed by atoms with Crippen molar-refractivity contribution in [2.75, 3.05) is 0 Å². The predicted molar refractivity (Wildman–Crippen MR) is 53.3 cm³/mol. The Bertz CT molecular complexity index is 298. The maximum absolute atomic E-state index is 11.1. The van der Waals surface area contributed by atoms with Crippen molar-refractivity contribution in [1.82, 2.24) is 5.32 Å². The van der Waals surface area contributed by atoms with Gasteiger partial charge in [0.05, 0.1) is 0 Å². The Morgan fingerprint density at radius 2 is 1.81 bits per heavy atom. The molecule has 0 amide bonds. The molecule has 2 heterocycles. The molecule has 1 aliphatic carbocycles. The van der Waals surface area contributed by atoms with Crippen molar-refractivity contribution >= 4 is 11.9 Å². The van der Waals surface area contributed by atoms with Gasteiger partial charge in [-0.1, -0.05) is 12.8 Å². The van der Waals surface area contributed by atoms with Gasteiger partial charge in [-0.2, -0.15) is 0 Å². The minimum Gasteiger partial charge on any atom is -0.448 e. The summed E-state index contributed by atoms with van der Waals surface area (Å²) >= 11 is 0. The van der Waals surface area contributed by atoms with Gasteiger partial charge in [-0.25, -0.2) is 9.59 Å². The average molecular weight is 225 g/mol. The first-order chi connectivity index (χ1) is 7.74. The number of nitrogens with one attached hydrogen (secondary N) is 1. The third kappa shape index (κ3) is 1.59. The van der Waals surface area contributed by atoms with Crippen molar-refractivity contribution in [3.63, 3.8) is 0 Å². The second-order valence-electron chi connectivity index (χ2n) is 4.82. The summed E-state index contributed by atoms with van der Waals surface area (Å²) in [7, 11) is 0. The molecule has 0 bridgehead atoms. The second kappa shape index (κ2) is 3.73. The van der Waals surface area contributed by atoms with E-state index in [2.05, 4.69) is 5.32 Å². The number of fused-ring (bicyclic) bond motifs is 2. The Hall–Kier alpha value is -1.10. The molecule has 5 nitrogen and oxygen atoms in total. The number of piperidine rings is 1. The van der Waals surface area contributed by atoms with Gasteiger partial charge in [-0.05, 0) is 25.2 Å². The molecule has 3 fully saturated rings. The van der Waals surface area contributed by atoms with Crippen molar-refractivity contribution in [2.45, 2.75) is 50.5 Å². The summed E-state index contributed by atoms with van der Waals surface area (Å²) in [4.78, 5) is 22.2. The summed E-state index contributed by atoms with van der Waals surface area (Å²) in [6.45, 7) is 0. The van der Waals surface area contributed by atoms with Crippen LogP contribution in [0.5, 0.6) is 0 Å². The van der Waals surface area contributed by atoms with Crippen LogP contribution >= 0.6 is 0 Å². The number of rotatable bonds is 0. The lowest BCUT2D eigenvalue weighted by Gasteiger charge is -2.44. The summed E-state index contributed by atoms with van der Waals surface area (Å²) in [5.41, 5.74) is 0. The Balaban J connectivity index is 1.73. The van der Waals surface area contributed by atoms with Crippen molar-refractivity contribution in [3.05, 3.63) is 0 Å². The summed E-state index contributed by atoms with van der Waals surface area (Å²) in [6.07, 6.45) is 4.87. The molecule has 88 valence electrons. The van der Waals surface area contributed by atoms with Gasteiger partial charge in [0.2, 0.25) is 0 Å². The van der Waals surface area contributed by atoms with Crippen LogP contribution in [0.15, 0.2) is 0 Å². The first-order valence-corrected chi connectivity index (χ1v) is 5.91. The lowest BCUT2D eigenvalue weighted by atomic mass is 9.78. The second-order valence-corrected chi connectivity index (χ2v) is 4.82. The molecular weight excluding hydrogens is 210 g/mol. The minimum absolute atomic E-state index is 0.287. The van der Waals surface area contributed by atoms with E-state index in [0.717, 1.165) is 12.8 Å². The number of hydrogen-bond acceptors (Lipinski definition) is 5. The molecule has 3 aliphatic rings. The zero-order chi connectivity index (χ0) is 11.1. The monoisotopic (exact) mass is 225 g/mol. The molecule has 0 aromatic carbocycles. The molecule has 0 spiro atoms. The standard InChI is InChI=1S/C11H15NO4/c13-10-11(14)16-9-8(15-10)5-6-3-1-2-4-7(6)12-9/h6-9,12H,1-5H2. The van der Waals surface area contributed by atoms with Crippen LogP contribution in [0.1, 0.15) is 32.1 Å². The molecule has 1 N–H and O–H groups in total. The van der Waals surface area contributed by atoms with Gasteiger partial charge < -0.3 is 9.47 Å². The number of esters is 2. The highest BCUT2D eigenvalue weighted by molar-refractivity contribution is 6.30. The van der Waals surface area contributed by atoms with E-state index in [4.69, 9.17) is 9.47 Å². The first-order valence-electron chi connectivity index (χ1n) is 5.91. The van der Waals surface area contributed by atoms with Gasteiger partial charge in [-0.15, -0.1) is 0 Å². The van der Waals surface area contributed by atoms with Crippen LogP contribution in [0.4, 0.5) is 0 Å². The van der Waals surface area contributed by atoms with Crippen LogP contribution in [0, 0.1) is 5.92 Å². The van der Waals surface area contributed by atoms with Crippen LogP contribution < -0.4 is 5.32 Å². The summed E-state index contributed by atoms with van der Waals surface area (Å²) < 4.78 is 10.1. The van der Waals surface area contributed by atoms with Crippen molar-refractivity contribution in [2.24, 2.45) is 5.92 Å². The molecule has 3 rings (SSSR count). The molecule has 0 aromatic heterocycles. The third-order valence-corrected chi connectivity index (χ3v) is 3.82. The maximum Gasteiger partial charge on any atom is 0.419 e. The highest BCUT2D eigenvalue weighted by atomic mass is 16.7. The quantitative estimate of drug-likeness (QED) is 0.475. The van der Waals surface area contributed by atoms with Gasteiger partial charge in [0, 0.05) is 6.04 Å². The van der Waals surface area contributed by atoms with Crippen LogP contribution in [0.3, 0.4) is 0 Å². The van der Waals surface area contributed by atoms with Crippen LogP contribution in [-0.2, 0) is 19.1 Å². The van der Waals surface area contributed by atoms with Crippen molar-refractivity contribution < 1.29 is 19.1 Å². The zero-order valence-electron chi connectivity index (χ0n) is 8.98. The zero-order valence-corrected chi connectivity index (χ0v) is 8.98. The molecule has 16 heavy (non-hydrogen) atoms. The Kier molecular flexibility index (Phi) is 2.35. The highest BCUT2D eigenvalue weighted by Crippen LogP contribution is 2.34. The number of carbonyl (C=O) groups is 2. The van der Waals surface area contributed by atoms with E-state index >= 15 is 0 Å². The molecular formula is C11H15NO4. The number of ether oxygens (including phenoxy) is 2. The Labute approximate surface area is 93.5 Å². The summed E-state index contributed by atoms with van der Waals surface area (Å²) in [6, 6.07) is 0.416. The van der Waals surface area contributed by atoms with E-state index in [1.54, 1.807) is 0 Å². The van der Waals surface area contributed by atoms with E-state index in [1.165, 1.54) is 19.3 Å². The fourth-order valence-electron chi connectivity index (χ4n) is 3.02. The van der Waals surface area contributed by atoms with Gasteiger partial charge in [0.15, 0.2) is 12.3 Å². The topological polar surface area (TPSA) is 64.6 Å². The lowest BCUT2D eigenvalue weighted by molar-refractivity contribution is -0.205. The van der Waals surface area contributed by atoms with Gasteiger partial charge in [0.1, 0.15) is 0 Å². The van der Waals surface area contributed by atoms with Gasteiger partial charge >= 0.3 is 11.9 Å². The van der Waals surface area contributed by atoms with Crippen molar-refractivity contribution in [3.8, 4) is 0 Å². The Morgan fingerprint density at radius 1 is 1.06 bits per heavy atom. The molecule has 0 radical (unpaired) electrons. The molecule has 4 atom stereocenters. The number of hydrogen-bond donors (Lipinski definition) is 1. The van der Waals surface area contributed by atoms with Gasteiger partial charge in [0.25, 0.3) is 0 Å². The third-order valence-electron chi connectivity index (χ3n) is 3.82. The van der Waals surface area contributed by atoms with E-state index < -0.39 is 18.2 Å². The fourth-order valence-corrected chi connectivity index (χ4v) is 3.02. The van der Waals surface area contributed by atoms with E-state index in [0.29, 0.717) is 12.0 Å². The molecule has 4 unspecified atom stereocenters. The van der Waals surface area contributed by atoms with Crippen LogP contribution in [-0.4, -0.2) is 30.3 Å². The molecule has 2 aliphatic heterocycles. The SMILES string of the molecule is O=C1OC2CC3CCCCC3NC2OC1=O. The van der Waals surface area contributed by atoms with Crippen LogP contribution in [0.2, 0.25) is 0 Å². The molecule has 2 saturated heterocycles. The average Bonchev–Trinajstić information content (AvgIpc) is 2.28. The largest absolute Gasteiger partial charge is 0.448 e. The fraction of sp³-hybridized carbons (Fsp3) is 0.818.